The molecule has 3 aromatic rings. The minimum atomic E-state index is 0.0455. The van der Waals surface area contributed by atoms with E-state index in [0.29, 0.717) is 5.56 Å². The minimum absolute atomic E-state index is 0.0455. The molecule has 0 fully saturated rings. The van der Waals surface area contributed by atoms with Crippen molar-refractivity contribution in [2.24, 2.45) is 0 Å². The summed E-state index contributed by atoms with van der Waals surface area (Å²) in [5, 5.41) is 3.34. The molecule has 0 aliphatic carbocycles. The largest absolute Gasteiger partial charge is 0.497 e. The first-order valence-corrected chi connectivity index (χ1v) is 7.79. The lowest BCUT2D eigenvalue weighted by Gasteiger charge is -2.11. The quantitative estimate of drug-likeness (QED) is 0.675. The summed E-state index contributed by atoms with van der Waals surface area (Å²) in [6, 6.07) is 22.8. The van der Waals surface area contributed by atoms with Crippen molar-refractivity contribution in [3.05, 3.63) is 89.5 Å². The maximum absolute atomic E-state index is 12.6. The number of hydrogen-bond donors (Lipinski definition) is 1. The van der Waals surface area contributed by atoms with Crippen LogP contribution in [0.5, 0.6) is 5.75 Å². The summed E-state index contributed by atoms with van der Waals surface area (Å²) in [5.41, 5.74) is 4.29. The summed E-state index contributed by atoms with van der Waals surface area (Å²) in [6.45, 7) is 1.95. The number of ketones is 1. The zero-order valence-electron chi connectivity index (χ0n) is 13.7. The average Bonchev–Trinajstić information content (AvgIpc) is 2.63. The van der Waals surface area contributed by atoms with Crippen LogP contribution in [0.1, 0.15) is 21.5 Å². The molecule has 0 saturated heterocycles. The van der Waals surface area contributed by atoms with Crippen LogP contribution in [0.15, 0.2) is 72.8 Å². The second-order valence-electron chi connectivity index (χ2n) is 5.58. The molecule has 3 nitrogen and oxygen atoms in total. The summed E-state index contributed by atoms with van der Waals surface area (Å²) in [4.78, 5) is 12.6. The first kappa shape index (κ1) is 15.8. The lowest BCUT2D eigenvalue weighted by atomic mass is 9.98. The van der Waals surface area contributed by atoms with Gasteiger partial charge in [0.05, 0.1) is 7.11 Å². The number of aryl methyl sites for hydroxylation is 1. The van der Waals surface area contributed by atoms with Gasteiger partial charge in [-0.2, -0.15) is 0 Å². The van der Waals surface area contributed by atoms with Crippen LogP contribution in [0.3, 0.4) is 0 Å². The molecule has 0 aliphatic heterocycles. The van der Waals surface area contributed by atoms with Gasteiger partial charge in [-0.25, -0.2) is 0 Å². The van der Waals surface area contributed by atoms with Crippen LogP contribution < -0.4 is 10.1 Å². The number of anilines is 2. The Morgan fingerprint density at radius 2 is 1.54 bits per heavy atom. The normalized spacial score (nSPS) is 10.2. The molecule has 3 aromatic carbocycles. The van der Waals surface area contributed by atoms with Gasteiger partial charge in [0.2, 0.25) is 0 Å². The summed E-state index contributed by atoms with van der Waals surface area (Å²) >= 11 is 0. The van der Waals surface area contributed by atoms with Crippen LogP contribution in [0.25, 0.3) is 0 Å². The number of benzene rings is 3. The molecule has 0 atom stereocenters. The van der Waals surface area contributed by atoms with Gasteiger partial charge >= 0.3 is 0 Å². The molecule has 0 unspecified atom stereocenters. The Morgan fingerprint density at radius 1 is 0.875 bits per heavy atom. The van der Waals surface area contributed by atoms with Gasteiger partial charge in [0.15, 0.2) is 5.78 Å². The minimum Gasteiger partial charge on any atom is -0.497 e. The van der Waals surface area contributed by atoms with E-state index in [-0.39, 0.29) is 5.78 Å². The van der Waals surface area contributed by atoms with Crippen LogP contribution in [0, 0.1) is 6.92 Å². The molecule has 1 N–H and O–H groups in total. The van der Waals surface area contributed by atoms with E-state index in [1.165, 1.54) is 0 Å². The molecule has 120 valence electrons. The van der Waals surface area contributed by atoms with E-state index in [0.717, 1.165) is 28.3 Å². The summed E-state index contributed by atoms with van der Waals surface area (Å²) in [7, 11) is 1.65. The predicted molar refractivity (Wildman–Crippen MR) is 97.3 cm³/mol. The van der Waals surface area contributed by atoms with E-state index in [2.05, 4.69) is 5.32 Å². The highest BCUT2D eigenvalue weighted by atomic mass is 16.5. The van der Waals surface area contributed by atoms with Crippen molar-refractivity contribution in [3.63, 3.8) is 0 Å². The third-order valence-electron chi connectivity index (χ3n) is 3.89. The van der Waals surface area contributed by atoms with E-state index in [1.807, 2.05) is 79.7 Å². The second-order valence-corrected chi connectivity index (χ2v) is 5.58. The second kappa shape index (κ2) is 7.01. The van der Waals surface area contributed by atoms with Crippen molar-refractivity contribution in [2.45, 2.75) is 6.92 Å². The predicted octanol–water partition coefficient (Wildman–Crippen LogP) is 4.98. The maximum atomic E-state index is 12.6. The molecule has 0 bridgehead atoms. The van der Waals surface area contributed by atoms with Crippen molar-refractivity contribution in [2.75, 3.05) is 12.4 Å². The van der Waals surface area contributed by atoms with Crippen molar-refractivity contribution < 1.29 is 9.53 Å². The zero-order valence-corrected chi connectivity index (χ0v) is 13.7. The van der Waals surface area contributed by atoms with Gasteiger partial charge in [-0.15, -0.1) is 0 Å². The van der Waals surface area contributed by atoms with Crippen LogP contribution in [0.4, 0.5) is 11.4 Å². The fraction of sp³-hybridized carbons (Fsp3) is 0.0952. The van der Waals surface area contributed by atoms with Crippen LogP contribution in [0.2, 0.25) is 0 Å². The Bertz CT molecular complexity index is 839. The monoisotopic (exact) mass is 317 g/mol. The standard InChI is InChI=1S/C21H19NO2/c1-15-14-18(22-17-8-11-19(24-2)12-9-17)10-13-20(15)21(23)16-6-4-3-5-7-16/h3-14,22H,1-2H3. The van der Waals surface area contributed by atoms with E-state index in [1.54, 1.807) is 7.11 Å². The molecule has 0 radical (unpaired) electrons. The van der Waals surface area contributed by atoms with Gasteiger partial charge in [-0.3, -0.25) is 4.79 Å². The van der Waals surface area contributed by atoms with Crippen LogP contribution >= 0.6 is 0 Å². The molecule has 24 heavy (non-hydrogen) atoms. The Labute approximate surface area is 141 Å². The molecule has 0 saturated carbocycles. The fourth-order valence-electron chi connectivity index (χ4n) is 2.58. The van der Waals surface area contributed by atoms with E-state index in [4.69, 9.17) is 4.74 Å². The van der Waals surface area contributed by atoms with E-state index in [9.17, 15) is 4.79 Å². The third-order valence-corrected chi connectivity index (χ3v) is 3.89. The van der Waals surface area contributed by atoms with Crippen LogP contribution in [-0.2, 0) is 0 Å². The van der Waals surface area contributed by atoms with E-state index < -0.39 is 0 Å². The number of nitrogens with one attached hydrogen (secondary N) is 1. The Morgan fingerprint density at radius 3 is 2.17 bits per heavy atom. The van der Waals surface area contributed by atoms with Crippen molar-refractivity contribution in [3.8, 4) is 5.75 Å². The number of ether oxygens (including phenoxy) is 1. The first-order valence-electron chi connectivity index (χ1n) is 7.79. The van der Waals surface area contributed by atoms with Crippen LogP contribution in [-0.4, -0.2) is 12.9 Å². The molecule has 0 amide bonds. The van der Waals surface area contributed by atoms with E-state index >= 15 is 0 Å². The maximum Gasteiger partial charge on any atom is 0.193 e. The van der Waals surface area contributed by atoms with Crippen molar-refractivity contribution in [1.82, 2.24) is 0 Å². The summed E-state index contributed by atoms with van der Waals surface area (Å²) < 4.78 is 5.16. The molecule has 0 aromatic heterocycles. The summed E-state index contributed by atoms with van der Waals surface area (Å²) in [6.07, 6.45) is 0. The van der Waals surface area contributed by atoms with Gasteiger partial charge in [-0.1, -0.05) is 30.3 Å². The number of methoxy groups -OCH3 is 1. The molecule has 3 heteroatoms. The van der Waals surface area contributed by atoms with Gasteiger partial charge in [0, 0.05) is 22.5 Å². The smallest absolute Gasteiger partial charge is 0.193 e. The molecule has 0 aliphatic rings. The van der Waals surface area contributed by atoms with Crippen molar-refractivity contribution >= 4 is 17.2 Å². The highest BCUT2D eigenvalue weighted by Crippen LogP contribution is 2.23. The molecular weight excluding hydrogens is 298 g/mol. The van der Waals surface area contributed by atoms with Gasteiger partial charge in [-0.05, 0) is 55.0 Å². The lowest BCUT2D eigenvalue weighted by molar-refractivity contribution is 0.103. The number of hydrogen-bond acceptors (Lipinski definition) is 3. The molecule has 3 rings (SSSR count). The van der Waals surface area contributed by atoms with Gasteiger partial charge in [0.1, 0.15) is 5.75 Å². The average molecular weight is 317 g/mol. The number of carbonyl (C=O) groups is 1. The highest BCUT2D eigenvalue weighted by Gasteiger charge is 2.11. The third kappa shape index (κ3) is 3.46. The molecular formula is C21H19NO2. The topological polar surface area (TPSA) is 38.3 Å². The van der Waals surface area contributed by atoms with Gasteiger partial charge < -0.3 is 10.1 Å². The Balaban J connectivity index is 1.80. The first-order chi connectivity index (χ1) is 11.7. The zero-order chi connectivity index (χ0) is 16.9. The van der Waals surface area contributed by atoms with Crippen molar-refractivity contribution in [1.29, 1.82) is 0 Å². The lowest BCUT2D eigenvalue weighted by Crippen LogP contribution is -2.04. The molecule has 0 spiro atoms. The SMILES string of the molecule is COc1ccc(Nc2ccc(C(=O)c3ccccc3)c(C)c2)cc1. The Kier molecular flexibility index (Phi) is 4.62. The van der Waals surface area contributed by atoms with Gasteiger partial charge in [0.25, 0.3) is 0 Å². The highest BCUT2D eigenvalue weighted by molar-refractivity contribution is 6.10. The fourth-order valence-corrected chi connectivity index (χ4v) is 2.58. The number of carbonyl (C=O) groups excluding carboxylic acids is 1. The Hall–Kier alpha value is -3.07. The summed E-state index contributed by atoms with van der Waals surface area (Å²) in [5.74, 6) is 0.865. The number of rotatable bonds is 5. The molecule has 0 heterocycles.